The summed E-state index contributed by atoms with van der Waals surface area (Å²) < 4.78 is 0. The molecule has 1 aliphatic rings. The first-order chi connectivity index (χ1) is 9.47. The fraction of sp³-hybridized carbons (Fsp3) is 0.250. The van der Waals surface area contributed by atoms with E-state index in [4.69, 9.17) is 0 Å². The fourth-order valence-corrected chi connectivity index (χ4v) is 1.74. The van der Waals surface area contributed by atoms with E-state index in [1.54, 1.807) is 13.0 Å². The Kier molecular flexibility index (Phi) is 3.74. The number of carbonyl (C=O) groups is 2. The Morgan fingerprint density at radius 2 is 2.20 bits per heavy atom. The van der Waals surface area contributed by atoms with E-state index in [0.29, 0.717) is 0 Å². The van der Waals surface area contributed by atoms with Gasteiger partial charge in [0.2, 0.25) is 5.91 Å². The maximum Gasteiger partial charge on any atom is 0.292 e. The van der Waals surface area contributed by atoms with E-state index in [1.165, 1.54) is 12.1 Å². The lowest BCUT2D eigenvalue weighted by molar-refractivity contribution is -0.383. The number of amides is 2. The van der Waals surface area contributed by atoms with Gasteiger partial charge >= 0.3 is 0 Å². The minimum absolute atomic E-state index is 0.111. The maximum absolute atomic E-state index is 11.9. The number of rotatable bonds is 3. The summed E-state index contributed by atoms with van der Waals surface area (Å²) in [6.07, 6.45) is 0.374. The molecular formula is C12H12N4O4. The molecular weight excluding hydrogens is 264 g/mol. The third-order valence-corrected chi connectivity index (χ3v) is 2.76. The van der Waals surface area contributed by atoms with E-state index in [2.05, 4.69) is 15.8 Å². The van der Waals surface area contributed by atoms with Gasteiger partial charge in [0.15, 0.2) is 0 Å². The standard InChI is InChI=1S/C12H12N4O4/c1-7-2-4-10(16(19)20)9(6-7)13-12(18)8-3-5-11(17)15-14-8/h2,4,6H,3,5H2,1H3,(H,13,18)(H,15,17). The van der Waals surface area contributed by atoms with Gasteiger partial charge in [-0.2, -0.15) is 5.10 Å². The van der Waals surface area contributed by atoms with E-state index in [-0.39, 0.29) is 35.8 Å². The van der Waals surface area contributed by atoms with Crippen LogP contribution in [0.25, 0.3) is 0 Å². The molecule has 104 valence electrons. The molecule has 2 rings (SSSR count). The number of hydrogen-bond donors (Lipinski definition) is 2. The molecule has 1 aromatic carbocycles. The summed E-state index contributed by atoms with van der Waals surface area (Å²) in [5.74, 6) is -0.818. The van der Waals surface area contributed by atoms with Crippen molar-refractivity contribution in [2.24, 2.45) is 5.10 Å². The van der Waals surface area contributed by atoms with Crippen molar-refractivity contribution < 1.29 is 14.5 Å². The smallest absolute Gasteiger partial charge is 0.292 e. The molecule has 0 radical (unpaired) electrons. The largest absolute Gasteiger partial charge is 0.315 e. The molecule has 0 bridgehead atoms. The molecule has 0 atom stereocenters. The molecule has 0 saturated carbocycles. The van der Waals surface area contributed by atoms with Crippen molar-refractivity contribution in [3.05, 3.63) is 33.9 Å². The van der Waals surface area contributed by atoms with Crippen molar-refractivity contribution in [2.75, 3.05) is 5.32 Å². The lowest BCUT2D eigenvalue weighted by Gasteiger charge is -2.12. The molecule has 0 saturated heterocycles. The van der Waals surface area contributed by atoms with Crippen LogP contribution in [0, 0.1) is 17.0 Å². The number of nitrogens with zero attached hydrogens (tertiary/aromatic N) is 2. The van der Waals surface area contributed by atoms with Gasteiger partial charge in [0.05, 0.1) is 4.92 Å². The van der Waals surface area contributed by atoms with Crippen molar-refractivity contribution >= 4 is 28.9 Å². The highest BCUT2D eigenvalue weighted by Crippen LogP contribution is 2.25. The Morgan fingerprint density at radius 3 is 2.80 bits per heavy atom. The Balaban J connectivity index is 2.21. The molecule has 8 heteroatoms. The van der Waals surface area contributed by atoms with Crippen LogP contribution in [-0.2, 0) is 9.59 Å². The monoisotopic (exact) mass is 276 g/mol. The van der Waals surface area contributed by atoms with Crippen molar-refractivity contribution in [1.29, 1.82) is 0 Å². The summed E-state index contributed by atoms with van der Waals surface area (Å²) in [5, 5.41) is 17.0. The van der Waals surface area contributed by atoms with Gasteiger partial charge in [0, 0.05) is 18.9 Å². The first-order valence-electron chi connectivity index (χ1n) is 5.89. The minimum Gasteiger partial charge on any atom is -0.315 e. The topological polar surface area (TPSA) is 114 Å². The average Bonchev–Trinajstić information content (AvgIpc) is 2.39. The highest BCUT2D eigenvalue weighted by molar-refractivity contribution is 6.43. The van der Waals surface area contributed by atoms with Gasteiger partial charge in [0.1, 0.15) is 11.4 Å². The number of hydrazone groups is 1. The van der Waals surface area contributed by atoms with Gasteiger partial charge in [-0.15, -0.1) is 0 Å². The van der Waals surface area contributed by atoms with Crippen LogP contribution in [0.5, 0.6) is 0 Å². The number of nitro groups is 1. The van der Waals surface area contributed by atoms with Crippen molar-refractivity contribution in [2.45, 2.75) is 19.8 Å². The second kappa shape index (κ2) is 5.47. The van der Waals surface area contributed by atoms with E-state index < -0.39 is 10.8 Å². The molecule has 1 aliphatic heterocycles. The van der Waals surface area contributed by atoms with Crippen LogP contribution in [-0.4, -0.2) is 22.4 Å². The van der Waals surface area contributed by atoms with Crippen molar-refractivity contribution in [3.63, 3.8) is 0 Å². The number of benzene rings is 1. The first kappa shape index (κ1) is 13.7. The van der Waals surface area contributed by atoms with Gasteiger partial charge in [0.25, 0.3) is 11.6 Å². The zero-order valence-electron chi connectivity index (χ0n) is 10.7. The summed E-state index contributed by atoms with van der Waals surface area (Å²) in [6.45, 7) is 1.76. The molecule has 0 aliphatic carbocycles. The quantitative estimate of drug-likeness (QED) is 0.635. The lowest BCUT2D eigenvalue weighted by Crippen LogP contribution is -2.32. The van der Waals surface area contributed by atoms with Crippen molar-refractivity contribution in [3.8, 4) is 0 Å². The summed E-state index contributed by atoms with van der Waals surface area (Å²) in [7, 11) is 0. The van der Waals surface area contributed by atoms with Crippen LogP contribution < -0.4 is 10.7 Å². The summed E-state index contributed by atoms with van der Waals surface area (Å²) in [6, 6.07) is 4.43. The van der Waals surface area contributed by atoms with E-state index in [9.17, 15) is 19.7 Å². The van der Waals surface area contributed by atoms with Gasteiger partial charge in [-0.1, -0.05) is 6.07 Å². The summed E-state index contributed by atoms with van der Waals surface area (Å²) in [4.78, 5) is 33.2. The highest BCUT2D eigenvalue weighted by Gasteiger charge is 2.21. The van der Waals surface area contributed by atoms with Crippen LogP contribution in [0.1, 0.15) is 18.4 Å². The maximum atomic E-state index is 11.9. The molecule has 0 unspecified atom stereocenters. The predicted octanol–water partition coefficient (Wildman–Crippen LogP) is 1.11. The van der Waals surface area contributed by atoms with E-state index >= 15 is 0 Å². The highest BCUT2D eigenvalue weighted by atomic mass is 16.6. The molecule has 8 nitrogen and oxygen atoms in total. The molecule has 0 aromatic heterocycles. The third-order valence-electron chi connectivity index (χ3n) is 2.76. The number of anilines is 1. The Bertz CT molecular complexity index is 624. The van der Waals surface area contributed by atoms with Crippen molar-refractivity contribution in [1.82, 2.24) is 5.43 Å². The zero-order valence-corrected chi connectivity index (χ0v) is 10.7. The first-order valence-corrected chi connectivity index (χ1v) is 5.89. The Morgan fingerprint density at radius 1 is 1.45 bits per heavy atom. The number of nitro benzene ring substituents is 1. The Hall–Kier alpha value is -2.77. The molecule has 20 heavy (non-hydrogen) atoms. The Labute approximate surface area is 114 Å². The molecule has 0 spiro atoms. The number of hydrogen-bond acceptors (Lipinski definition) is 5. The minimum atomic E-state index is -0.570. The number of aryl methyl sites for hydroxylation is 1. The van der Waals surface area contributed by atoms with Crippen LogP contribution in [0.2, 0.25) is 0 Å². The van der Waals surface area contributed by atoms with Crippen LogP contribution >= 0.6 is 0 Å². The van der Waals surface area contributed by atoms with Crippen LogP contribution in [0.15, 0.2) is 23.3 Å². The number of nitrogens with one attached hydrogen (secondary N) is 2. The molecule has 1 aromatic rings. The molecule has 2 N–H and O–H groups in total. The van der Waals surface area contributed by atoms with E-state index in [1.807, 2.05) is 0 Å². The average molecular weight is 276 g/mol. The fourth-order valence-electron chi connectivity index (χ4n) is 1.74. The van der Waals surface area contributed by atoms with Crippen LogP contribution in [0.3, 0.4) is 0 Å². The van der Waals surface area contributed by atoms with Gasteiger partial charge in [-0.25, -0.2) is 5.43 Å². The predicted molar refractivity (Wildman–Crippen MR) is 71.3 cm³/mol. The van der Waals surface area contributed by atoms with Gasteiger partial charge < -0.3 is 5.32 Å². The normalized spacial score (nSPS) is 14.2. The number of carbonyl (C=O) groups excluding carboxylic acids is 2. The second-order valence-corrected chi connectivity index (χ2v) is 4.33. The third kappa shape index (κ3) is 2.97. The van der Waals surface area contributed by atoms with E-state index in [0.717, 1.165) is 5.56 Å². The molecule has 0 fully saturated rings. The molecule has 1 heterocycles. The zero-order chi connectivity index (χ0) is 14.7. The molecule has 2 amide bonds. The SMILES string of the molecule is Cc1ccc([N+](=O)[O-])c(NC(=O)C2=NNC(=O)CC2)c1. The lowest BCUT2D eigenvalue weighted by atomic mass is 10.1. The second-order valence-electron chi connectivity index (χ2n) is 4.33. The van der Waals surface area contributed by atoms with Gasteiger partial charge in [-0.3, -0.25) is 19.7 Å². The summed E-state index contributed by atoms with van der Waals surface area (Å²) in [5.41, 5.74) is 3.04. The summed E-state index contributed by atoms with van der Waals surface area (Å²) >= 11 is 0. The van der Waals surface area contributed by atoms with Crippen LogP contribution in [0.4, 0.5) is 11.4 Å². The van der Waals surface area contributed by atoms with Gasteiger partial charge in [-0.05, 0) is 18.6 Å².